The second-order valence-electron chi connectivity index (χ2n) is 5.87. The number of carbonyl (C=O) groups excluding carboxylic acids is 1. The molecule has 138 valence electrons. The summed E-state index contributed by atoms with van der Waals surface area (Å²) in [6, 6.07) is 7.46. The van der Waals surface area contributed by atoms with Crippen molar-refractivity contribution >= 4 is 23.4 Å². The van der Waals surface area contributed by atoms with Crippen LogP contribution in [0.5, 0.6) is 0 Å². The molecular weight excluding hydrogens is 344 g/mol. The van der Waals surface area contributed by atoms with Gasteiger partial charge < -0.3 is 16.0 Å². The Labute approximate surface area is 156 Å². The average molecular weight is 364 g/mol. The van der Waals surface area contributed by atoms with Crippen LogP contribution in [0.1, 0.15) is 21.7 Å². The summed E-state index contributed by atoms with van der Waals surface area (Å²) >= 11 is 0. The molecule has 0 aromatic carbocycles. The fraction of sp³-hybridized carbons (Fsp3) is 0.222. The number of hydrogen-bond donors (Lipinski definition) is 3. The van der Waals surface area contributed by atoms with Gasteiger partial charge in [-0.1, -0.05) is 0 Å². The van der Waals surface area contributed by atoms with Gasteiger partial charge in [0.2, 0.25) is 0 Å². The van der Waals surface area contributed by atoms with Gasteiger partial charge in [0.1, 0.15) is 17.3 Å². The zero-order chi connectivity index (χ0) is 19.1. The second kappa shape index (κ2) is 8.65. The van der Waals surface area contributed by atoms with Gasteiger partial charge in [-0.15, -0.1) is 10.2 Å². The maximum absolute atomic E-state index is 11.9. The van der Waals surface area contributed by atoms with Crippen LogP contribution in [0.15, 0.2) is 42.9 Å². The Morgan fingerprint density at radius 2 is 1.74 bits per heavy atom. The molecule has 3 rings (SSSR count). The van der Waals surface area contributed by atoms with E-state index in [0.29, 0.717) is 36.2 Å². The minimum absolute atomic E-state index is 0.263. The molecular formula is C18H20N8O. The predicted octanol–water partition coefficient (Wildman–Crippen LogP) is 1.86. The van der Waals surface area contributed by atoms with Crippen molar-refractivity contribution in [3.63, 3.8) is 0 Å². The van der Waals surface area contributed by atoms with Gasteiger partial charge in [-0.05, 0) is 43.7 Å². The van der Waals surface area contributed by atoms with E-state index in [4.69, 9.17) is 0 Å². The largest absolute Gasteiger partial charge is 0.367 e. The average Bonchev–Trinajstić information content (AvgIpc) is 2.67. The third-order valence-corrected chi connectivity index (χ3v) is 3.57. The van der Waals surface area contributed by atoms with E-state index in [9.17, 15) is 4.79 Å². The molecule has 0 atom stereocenters. The van der Waals surface area contributed by atoms with Crippen molar-refractivity contribution in [1.29, 1.82) is 0 Å². The molecule has 9 nitrogen and oxygen atoms in total. The highest BCUT2D eigenvalue weighted by Crippen LogP contribution is 2.13. The lowest BCUT2D eigenvalue weighted by Gasteiger charge is -2.08. The molecule has 0 fully saturated rings. The van der Waals surface area contributed by atoms with Crippen LogP contribution in [0.25, 0.3) is 0 Å². The van der Waals surface area contributed by atoms with E-state index in [0.717, 1.165) is 11.3 Å². The van der Waals surface area contributed by atoms with Crippen LogP contribution in [-0.2, 0) is 0 Å². The van der Waals surface area contributed by atoms with E-state index in [-0.39, 0.29) is 5.91 Å². The first kappa shape index (κ1) is 18.2. The number of rotatable bonds is 7. The Bertz CT molecular complexity index is 896. The molecule has 1 amide bonds. The first-order valence-corrected chi connectivity index (χ1v) is 8.44. The van der Waals surface area contributed by atoms with Crippen molar-refractivity contribution in [2.24, 2.45) is 0 Å². The molecule has 0 saturated carbocycles. The highest BCUT2D eigenvalue weighted by molar-refractivity contribution is 5.91. The summed E-state index contributed by atoms with van der Waals surface area (Å²) < 4.78 is 0. The van der Waals surface area contributed by atoms with Crippen LogP contribution in [0.4, 0.5) is 17.5 Å². The molecule has 0 unspecified atom stereocenters. The monoisotopic (exact) mass is 364 g/mol. The highest BCUT2D eigenvalue weighted by Gasteiger charge is 2.06. The fourth-order valence-corrected chi connectivity index (χ4v) is 2.20. The third kappa shape index (κ3) is 5.43. The number of amides is 1. The summed E-state index contributed by atoms with van der Waals surface area (Å²) in [5.74, 6) is 1.67. The molecule has 9 heteroatoms. The maximum Gasteiger partial charge on any atom is 0.271 e. The van der Waals surface area contributed by atoms with Gasteiger partial charge in [0.25, 0.3) is 5.91 Å². The van der Waals surface area contributed by atoms with Gasteiger partial charge in [0.15, 0.2) is 5.82 Å². The van der Waals surface area contributed by atoms with Crippen molar-refractivity contribution in [2.45, 2.75) is 13.8 Å². The number of pyridine rings is 1. The van der Waals surface area contributed by atoms with Gasteiger partial charge in [0.05, 0.1) is 11.9 Å². The molecule has 3 aromatic heterocycles. The quantitative estimate of drug-likeness (QED) is 0.544. The van der Waals surface area contributed by atoms with Gasteiger partial charge in [-0.3, -0.25) is 9.78 Å². The maximum atomic E-state index is 11.9. The molecule has 0 aliphatic rings. The smallest absolute Gasteiger partial charge is 0.271 e. The number of hydrogen-bond acceptors (Lipinski definition) is 8. The minimum atomic E-state index is -0.263. The Balaban J connectivity index is 1.43. The molecule has 0 saturated heterocycles. The number of nitrogens with one attached hydrogen (secondary N) is 3. The summed E-state index contributed by atoms with van der Waals surface area (Å²) in [6.07, 6.45) is 4.75. The van der Waals surface area contributed by atoms with E-state index in [1.54, 1.807) is 24.5 Å². The Morgan fingerprint density at radius 1 is 0.926 bits per heavy atom. The van der Waals surface area contributed by atoms with Gasteiger partial charge in [-0.25, -0.2) is 9.97 Å². The van der Waals surface area contributed by atoms with Gasteiger partial charge in [-0.2, -0.15) is 0 Å². The number of nitrogens with zero attached hydrogens (tertiary/aromatic N) is 5. The summed E-state index contributed by atoms with van der Waals surface area (Å²) in [4.78, 5) is 24.2. The molecule has 0 aliphatic carbocycles. The van der Waals surface area contributed by atoms with Crippen molar-refractivity contribution in [2.75, 3.05) is 23.7 Å². The topological polar surface area (TPSA) is 118 Å². The molecule has 0 aliphatic heterocycles. The van der Waals surface area contributed by atoms with Crippen molar-refractivity contribution < 1.29 is 4.79 Å². The van der Waals surface area contributed by atoms with E-state index >= 15 is 0 Å². The zero-order valence-electron chi connectivity index (χ0n) is 15.1. The fourth-order valence-electron chi connectivity index (χ4n) is 2.20. The molecule has 0 spiro atoms. The van der Waals surface area contributed by atoms with Crippen LogP contribution in [0, 0.1) is 13.8 Å². The SMILES string of the molecule is Cc1ccnc(Nc2ccc(NCCNC(=O)c3cnc(C)cn3)nn2)c1. The number of aryl methyl sites for hydroxylation is 2. The van der Waals surface area contributed by atoms with E-state index in [1.165, 1.54) is 6.20 Å². The third-order valence-electron chi connectivity index (χ3n) is 3.57. The number of anilines is 3. The van der Waals surface area contributed by atoms with E-state index < -0.39 is 0 Å². The Morgan fingerprint density at radius 3 is 2.44 bits per heavy atom. The summed E-state index contributed by atoms with van der Waals surface area (Å²) in [5.41, 5.74) is 2.17. The molecule has 0 radical (unpaired) electrons. The molecule has 27 heavy (non-hydrogen) atoms. The van der Waals surface area contributed by atoms with Crippen LogP contribution < -0.4 is 16.0 Å². The van der Waals surface area contributed by atoms with Crippen LogP contribution in [0.2, 0.25) is 0 Å². The van der Waals surface area contributed by atoms with Crippen LogP contribution in [0.3, 0.4) is 0 Å². The lowest BCUT2D eigenvalue weighted by atomic mass is 10.3. The van der Waals surface area contributed by atoms with Crippen molar-refractivity contribution in [1.82, 2.24) is 30.5 Å². The van der Waals surface area contributed by atoms with Crippen LogP contribution in [-0.4, -0.2) is 44.1 Å². The summed E-state index contributed by atoms with van der Waals surface area (Å²) in [5, 5.41) is 17.2. The second-order valence-corrected chi connectivity index (χ2v) is 5.87. The normalized spacial score (nSPS) is 10.3. The number of carbonyl (C=O) groups is 1. The van der Waals surface area contributed by atoms with Crippen LogP contribution >= 0.6 is 0 Å². The van der Waals surface area contributed by atoms with Crippen molar-refractivity contribution in [3.8, 4) is 0 Å². The lowest BCUT2D eigenvalue weighted by molar-refractivity contribution is 0.0950. The molecule has 3 aromatic rings. The summed E-state index contributed by atoms with van der Waals surface area (Å²) in [6.45, 7) is 4.74. The first-order valence-electron chi connectivity index (χ1n) is 8.44. The molecule has 0 bridgehead atoms. The molecule has 3 N–H and O–H groups in total. The minimum Gasteiger partial charge on any atom is -0.367 e. The zero-order valence-corrected chi connectivity index (χ0v) is 15.1. The van der Waals surface area contributed by atoms with E-state index in [1.807, 2.05) is 26.0 Å². The van der Waals surface area contributed by atoms with Gasteiger partial charge in [0, 0.05) is 25.5 Å². The van der Waals surface area contributed by atoms with E-state index in [2.05, 4.69) is 41.1 Å². The Hall–Kier alpha value is -3.62. The van der Waals surface area contributed by atoms with Gasteiger partial charge >= 0.3 is 0 Å². The lowest BCUT2D eigenvalue weighted by Crippen LogP contribution is -2.29. The first-order chi connectivity index (χ1) is 13.1. The Kier molecular flexibility index (Phi) is 5.83. The standard InChI is InChI=1S/C18H20N8O/c1-12-5-6-19-17(9-12)24-16-4-3-15(25-26-16)20-7-8-21-18(27)14-11-22-13(2)10-23-14/h3-6,9-11H,7-8H2,1-2H3,(H,20,25)(H,21,27)(H,19,24,26). The highest BCUT2D eigenvalue weighted by atomic mass is 16.1. The number of aromatic nitrogens is 5. The predicted molar refractivity (Wildman–Crippen MR) is 102 cm³/mol. The van der Waals surface area contributed by atoms with Crippen molar-refractivity contribution in [3.05, 3.63) is 59.8 Å². The molecule has 3 heterocycles. The summed E-state index contributed by atoms with van der Waals surface area (Å²) in [7, 11) is 0.